The van der Waals surface area contributed by atoms with Gasteiger partial charge in [-0.1, -0.05) is 55.7 Å². The zero-order chi connectivity index (χ0) is 20.3. The summed E-state index contributed by atoms with van der Waals surface area (Å²) in [6.07, 6.45) is 16.7. The molecule has 0 spiro atoms. The van der Waals surface area contributed by atoms with Crippen LogP contribution in [0.25, 0.3) is 0 Å². The largest absolute Gasteiger partial charge is 0.352 e. The number of hydrogen-bond acceptors (Lipinski definition) is 2. The lowest BCUT2D eigenvalue weighted by Crippen LogP contribution is -2.44. The molecule has 0 aromatic carbocycles. The van der Waals surface area contributed by atoms with Crippen molar-refractivity contribution in [1.29, 1.82) is 0 Å². The highest BCUT2D eigenvalue weighted by Gasteiger charge is 2.31. The van der Waals surface area contributed by atoms with Gasteiger partial charge in [-0.25, -0.2) is 0 Å². The molecule has 2 saturated carbocycles. The van der Waals surface area contributed by atoms with Crippen LogP contribution in [0.3, 0.4) is 0 Å². The first-order chi connectivity index (χ1) is 12.8. The van der Waals surface area contributed by atoms with E-state index in [0.29, 0.717) is 13.1 Å². The number of hydrogen-bond donors (Lipinski definition) is 2. The predicted molar refractivity (Wildman–Crippen MR) is 117 cm³/mol. The molecule has 3 N–H and O–H groups in total. The molecule has 0 aromatic heterocycles. The van der Waals surface area contributed by atoms with Gasteiger partial charge in [0, 0.05) is 12.1 Å². The molecule has 0 aromatic rings. The van der Waals surface area contributed by atoms with Crippen molar-refractivity contribution in [3.63, 3.8) is 0 Å². The Hall–Kier alpha value is -1.61. The summed E-state index contributed by atoms with van der Waals surface area (Å²) in [5, 5.41) is 3.09. The maximum atomic E-state index is 12.3. The Morgan fingerprint density at radius 3 is 2.22 bits per heavy atom. The van der Waals surface area contributed by atoms with Crippen LogP contribution in [0.15, 0.2) is 47.6 Å². The Kier molecular flexibility index (Phi) is 10.4. The maximum absolute atomic E-state index is 12.3. The lowest BCUT2D eigenvalue weighted by molar-refractivity contribution is -0.118. The maximum Gasteiger partial charge on any atom is 0.247 e. The molecule has 3 heteroatoms. The average molecular weight is 373 g/mol. The molecular weight excluding hydrogens is 332 g/mol. The van der Waals surface area contributed by atoms with Crippen LogP contribution in [0.4, 0.5) is 0 Å². The lowest BCUT2D eigenvalue weighted by atomic mass is 9.74. The van der Waals surface area contributed by atoms with Gasteiger partial charge in [0.1, 0.15) is 0 Å². The molecule has 1 amide bonds. The SMILES string of the molecule is C=C(C)C1CC1.C\C=C/C=C\C(C)=C(\C)C(=O)NCC1(CN)CCCCC1. The molecule has 2 aliphatic carbocycles. The molecule has 152 valence electrons. The Balaban J connectivity index is 0.000000511. The zero-order valence-electron chi connectivity index (χ0n) is 17.9. The van der Waals surface area contributed by atoms with Crippen molar-refractivity contribution in [3.8, 4) is 0 Å². The molecule has 0 radical (unpaired) electrons. The summed E-state index contributed by atoms with van der Waals surface area (Å²) >= 11 is 0. The predicted octanol–water partition coefficient (Wildman–Crippen LogP) is 5.45. The molecule has 0 unspecified atom stereocenters. The fourth-order valence-corrected chi connectivity index (χ4v) is 3.35. The molecule has 27 heavy (non-hydrogen) atoms. The fraction of sp³-hybridized carbons (Fsp3) is 0.625. The summed E-state index contributed by atoms with van der Waals surface area (Å²) in [4.78, 5) is 12.3. The van der Waals surface area contributed by atoms with Crippen LogP contribution in [0, 0.1) is 11.3 Å². The minimum absolute atomic E-state index is 0.0241. The van der Waals surface area contributed by atoms with Crippen molar-refractivity contribution < 1.29 is 4.79 Å². The van der Waals surface area contributed by atoms with Crippen molar-refractivity contribution in [2.24, 2.45) is 17.1 Å². The highest BCUT2D eigenvalue weighted by atomic mass is 16.1. The van der Waals surface area contributed by atoms with Crippen LogP contribution in [0.5, 0.6) is 0 Å². The van der Waals surface area contributed by atoms with E-state index < -0.39 is 0 Å². The van der Waals surface area contributed by atoms with Gasteiger partial charge in [0.2, 0.25) is 5.91 Å². The third-order valence-corrected chi connectivity index (χ3v) is 5.83. The van der Waals surface area contributed by atoms with Gasteiger partial charge in [-0.3, -0.25) is 4.79 Å². The Morgan fingerprint density at radius 1 is 1.15 bits per heavy atom. The summed E-state index contributed by atoms with van der Waals surface area (Å²) in [5.74, 6) is 0.932. The van der Waals surface area contributed by atoms with Crippen LogP contribution < -0.4 is 11.1 Å². The van der Waals surface area contributed by atoms with Gasteiger partial charge in [-0.2, -0.15) is 0 Å². The summed E-state index contributed by atoms with van der Waals surface area (Å²) in [6.45, 7) is 13.1. The van der Waals surface area contributed by atoms with Crippen LogP contribution in [0.1, 0.15) is 72.6 Å². The zero-order valence-corrected chi connectivity index (χ0v) is 17.9. The summed E-state index contributed by atoms with van der Waals surface area (Å²) < 4.78 is 0. The highest BCUT2D eigenvalue weighted by molar-refractivity contribution is 5.94. The van der Waals surface area contributed by atoms with Crippen molar-refractivity contribution in [2.45, 2.75) is 72.6 Å². The minimum atomic E-state index is 0.0241. The normalized spacial score (nSPS) is 20.0. The first kappa shape index (κ1) is 23.4. The smallest absolute Gasteiger partial charge is 0.247 e. The van der Waals surface area contributed by atoms with Crippen LogP contribution >= 0.6 is 0 Å². The quantitative estimate of drug-likeness (QED) is 0.354. The standard InChI is InChI=1S/C18H30N2O.C6H10/c1-4-5-7-10-15(2)16(3)17(21)20-14-18(13-19)11-8-6-9-12-18;1-5(2)6-3-4-6/h4-5,7,10H,6,8-9,11-14,19H2,1-3H3,(H,20,21);6H,1,3-4H2,2H3/b5-4-,10-7-,16-15-;. The van der Waals surface area contributed by atoms with Crippen molar-refractivity contribution >= 4 is 5.91 Å². The third-order valence-electron chi connectivity index (χ3n) is 5.83. The molecular formula is C24H40N2O. The Morgan fingerprint density at radius 2 is 1.78 bits per heavy atom. The molecule has 2 fully saturated rings. The monoisotopic (exact) mass is 372 g/mol. The second-order valence-electron chi connectivity index (χ2n) is 8.26. The van der Waals surface area contributed by atoms with Gasteiger partial charge < -0.3 is 11.1 Å². The van der Waals surface area contributed by atoms with E-state index in [9.17, 15) is 4.79 Å². The van der Waals surface area contributed by atoms with E-state index in [4.69, 9.17) is 5.73 Å². The molecule has 2 aliphatic rings. The van der Waals surface area contributed by atoms with E-state index in [1.54, 1.807) is 0 Å². The van der Waals surface area contributed by atoms with Crippen molar-refractivity contribution in [1.82, 2.24) is 5.32 Å². The van der Waals surface area contributed by atoms with Gasteiger partial charge in [0.05, 0.1) is 0 Å². The van der Waals surface area contributed by atoms with Gasteiger partial charge in [0.25, 0.3) is 0 Å². The van der Waals surface area contributed by atoms with E-state index >= 15 is 0 Å². The van der Waals surface area contributed by atoms with Crippen LogP contribution in [-0.2, 0) is 4.79 Å². The lowest BCUT2D eigenvalue weighted by Gasteiger charge is -2.36. The van der Waals surface area contributed by atoms with E-state index in [0.717, 1.165) is 29.9 Å². The van der Waals surface area contributed by atoms with Gasteiger partial charge in [0.15, 0.2) is 0 Å². The third kappa shape index (κ3) is 8.75. The van der Waals surface area contributed by atoms with Gasteiger partial charge in [-0.15, -0.1) is 0 Å². The topological polar surface area (TPSA) is 55.1 Å². The summed E-state index contributed by atoms with van der Waals surface area (Å²) in [5.41, 5.74) is 9.22. The Bertz CT molecular complexity index is 573. The molecule has 0 saturated heterocycles. The molecule has 2 rings (SSSR count). The highest BCUT2D eigenvalue weighted by Crippen LogP contribution is 2.35. The Labute approximate surface area is 166 Å². The number of allylic oxidation sites excluding steroid dienone is 6. The first-order valence-corrected chi connectivity index (χ1v) is 10.5. The second-order valence-corrected chi connectivity index (χ2v) is 8.26. The summed E-state index contributed by atoms with van der Waals surface area (Å²) in [7, 11) is 0. The van der Waals surface area contributed by atoms with E-state index in [1.807, 2.05) is 45.1 Å². The average Bonchev–Trinajstić information content (AvgIpc) is 3.52. The number of carbonyl (C=O) groups excluding carboxylic acids is 1. The second kappa shape index (κ2) is 12.0. The van der Waals surface area contributed by atoms with E-state index in [2.05, 4.69) is 18.8 Å². The summed E-state index contributed by atoms with van der Waals surface area (Å²) in [6, 6.07) is 0. The number of nitrogens with one attached hydrogen (secondary N) is 1. The van der Waals surface area contributed by atoms with E-state index in [1.165, 1.54) is 37.7 Å². The first-order valence-electron chi connectivity index (χ1n) is 10.5. The van der Waals surface area contributed by atoms with Gasteiger partial charge >= 0.3 is 0 Å². The van der Waals surface area contributed by atoms with Crippen molar-refractivity contribution in [2.75, 3.05) is 13.1 Å². The van der Waals surface area contributed by atoms with Gasteiger partial charge in [-0.05, 0) is 76.8 Å². The number of amides is 1. The van der Waals surface area contributed by atoms with E-state index in [-0.39, 0.29) is 11.3 Å². The molecule has 0 aliphatic heterocycles. The number of nitrogens with two attached hydrogens (primary N) is 1. The van der Waals surface area contributed by atoms with Crippen LogP contribution in [-0.4, -0.2) is 19.0 Å². The molecule has 0 heterocycles. The number of rotatable bonds is 7. The molecule has 3 nitrogen and oxygen atoms in total. The fourth-order valence-electron chi connectivity index (χ4n) is 3.35. The molecule has 0 bridgehead atoms. The van der Waals surface area contributed by atoms with Crippen LogP contribution in [0.2, 0.25) is 0 Å². The number of carbonyl (C=O) groups is 1. The molecule has 0 atom stereocenters. The van der Waals surface area contributed by atoms with Crippen molar-refractivity contribution in [3.05, 3.63) is 47.6 Å². The minimum Gasteiger partial charge on any atom is -0.352 e.